The summed E-state index contributed by atoms with van der Waals surface area (Å²) in [5.74, 6) is 0.321. The molecule has 1 aromatic carbocycles. The Morgan fingerprint density at radius 2 is 1.85 bits per heavy atom. The standard InChI is InChI=1S/C15H26N2O2S/c1-5-11(4)10-17-20(18,19)15-9-12(6-2)8-14(16)13(15)7-3/h8-9,11,17H,5-7,10,16H2,1-4H3. The summed E-state index contributed by atoms with van der Waals surface area (Å²) in [6.07, 6.45) is 2.32. The van der Waals surface area contributed by atoms with Gasteiger partial charge in [0.25, 0.3) is 0 Å². The molecule has 1 atom stereocenters. The van der Waals surface area contributed by atoms with Crippen molar-refractivity contribution in [2.24, 2.45) is 5.92 Å². The predicted octanol–water partition coefficient (Wildman–Crippen LogP) is 2.72. The van der Waals surface area contributed by atoms with Gasteiger partial charge in [0.05, 0.1) is 4.90 Å². The second-order valence-electron chi connectivity index (χ2n) is 5.23. The summed E-state index contributed by atoms with van der Waals surface area (Å²) in [5, 5.41) is 0. The van der Waals surface area contributed by atoms with Gasteiger partial charge >= 0.3 is 0 Å². The van der Waals surface area contributed by atoms with Crippen LogP contribution in [0.15, 0.2) is 17.0 Å². The maximum atomic E-state index is 12.5. The Hall–Kier alpha value is -1.07. The molecule has 0 radical (unpaired) electrons. The van der Waals surface area contributed by atoms with Crippen molar-refractivity contribution in [3.8, 4) is 0 Å². The van der Waals surface area contributed by atoms with Crippen LogP contribution in [0.3, 0.4) is 0 Å². The highest BCUT2D eigenvalue weighted by molar-refractivity contribution is 7.89. The molecule has 3 N–H and O–H groups in total. The Bertz CT molecular complexity index is 553. The molecule has 20 heavy (non-hydrogen) atoms. The molecule has 1 aromatic rings. The number of benzene rings is 1. The van der Waals surface area contributed by atoms with Gasteiger partial charge in [0.2, 0.25) is 10.0 Å². The minimum atomic E-state index is -3.49. The third kappa shape index (κ3) is 3.96. The summed E-state index contributed by atoms with van der Waals surface area (Å²) in [5.41, 5.74) is 8.22. The van der Waals surface area contributed by atoms with Gasteiger partial charge in [0.1, 0.15) is 0 Å². The Morgan fingerprint density at radius 1 is 1.20 bits per heavy atom. The Balaban J connectivity index is 3.19. The van der Waals surface area contributed by atoms with Gasteiger partial charge in [-0.15, -0.1) is 0 Å². The molecule has 0 saturated heterocycles. The summed E-state index contributed by atoms with van der Waals surface area (Å²) >= 11 is 0. The molecule has 5 heteroatoms. The molecule has 0 heterocycles. The Kier molecular flexibility index (Phi) is 6.02. The fourth-order valence-electron chi connectivity index (χ4n) is 2.02. The van der Waals surface area contributed by atoms with Crippen LogP contribution in [0.5, 0.6) is 0 Å². The van der Waals surface area contributed by atoms with Gasteiger partial charge in [-0.1, -0.05) is 34.1 Å². The molecule has 0 aliphatic carbocycles. The van der Waals surface area contributed by atoms with Crippen LogP contribution >= 0.6 is 0 Å². The van der Waals surface area contributed by atoms with E-state index in [9.17, 15) is 8.42 Å². The van der Waals surface area contributed by atoms with E-state index in [1.54, 1.807) is 6.07 Å². The maximum absolute atomic E-state index is 12.5. The number of nitrogen functional groups attached to an aromatic ring is 1. The first-order chi connectivity index (χ1) is 9.35. The number of aryl methyl sites for hydroxylation is 1. The summed E-state index contributed by atoms with van der Waals surface area (Å²) in [4.78, 5) is 0.333. The highest BCUT2D eigenvalue weighted by atomic mass is 32.2. The van der Waals surface area contributed by atoms with Crippen molar-refractivity contribution in [2.75, 3.05) is 12.3 Å². The second-order valence-corrected chi connectivity index (χ2v) is 6.97. The Labute approximate surface area is 122 Å². The maximum Gasteiger partial charge on any atom is 0.240 e. The molecule has 1 unspecified atom stereocenters. The van der Waals surface area contributed by atoms with Gasteiger partial charge in [-0.3, -0.25) is 0 Å². The zero-order chi connectivity index (χ0) is 15.3. The van der Waals surface area contributed by atoms with Gasteiger partial charge in [-0.2, -0.15) is 0 Å². The average Bonchev–Trinajstić information content (AvgIpc) is 2.43. The van der Waals surface area contributed by atoms with Gasteiger partial charge in [-0.25, -0.2) is 13.1 Å². The van der Waals surface area contributed by atoms with Crippen molar-refractivity contribution in [2.45, 2.75) is 51.9 Å². The minimum absolute atomic E-state index is 0.321. The first-order valence-electron chi connectivity index (χ1n) is 7.26. The number of hydrogen-bond acceptors (Lipinski definition) is 3. The lowest BCUT2D eigenvalue weighted by Gasteiger charge is -2.16. The predicted molar refractivity (Wildman–Crippen MR) is 84.3 cm³/mol. The van der Waals surface area contributed by atoms with Crippen LogP contribution in [0.2, 0.25) is 0 Å². The third-order valence-corrected chi connectivity index (χ3v) is 5.16. The lowest BCUT2D eigenvalue weighted by Crippen LogP contribution is -2.29. The van der Waals surface area contributed by atoms with E-state index in [0.29, 0.717) is 35.0 Å². The molecule has 0 aliphatic heterocycles. The van der Waals surface area contributed by atoms with E-state index < -0.39 is 10.0 Å². The fraction of sp³-hybridized carbons (Fsp3) is 0.600. The highest BCUT2D eigenvalue weighted by Crippen LogP contribution is 2.25. The summed E-state index contributed by atoms with van der Waals surface area (Å²) < 4.78 is 27.7. The van der Waals surface area contributed by atoms with Crippen molar-refractivity contribution >= 4 is 15.7 Å². The van der Waals surface area contributed by atoms with E-state index in [1.807, 2.05) is 33.8 Å². The van der Waals surface area contributed by atoms with Crippen LogP contribution < -0.4 is 10.5 Å². The zero-order valence-electron chi connectivity index (χ0n) is 12.9. The molecular formula is C15H26N2O2S. The van der Waals surface area contributed by atoms with Crippen molar-refractivity contribution in [1.82, 2.24) is 4.72 Å². The van der Waals surface area contributed by atoms with Gasteiger partial charge in [0, 0.05) is 12.2 Å². The van der Waals surface area contributed by atoms with Crippen LogP contribution in [0, 0.1) is 5.92 Å². The lowest BCUT2D eigenvalue weighted by atomic mass is 10.1. The van der Waals surface area contributed by atoms with Crippen molar-refractivity contribution in [3.63, 3.8) is 0 Å². The second kappa shape index (κ2) is 7.09. The van der Waals surface area contributed by atoms with Crippen LogP contribution in [0.1, 0.15) is 45.2 Å². The molecule has 0 fully saturated rings. The smallest absolute Gasteiger partial charge is 0.240 e. The number of nitrogens with one attached hydrogen (secondary N) is 1. The van der Waals surface area contributed by atoms with E-state index in [0.717, 1.165) is 18.4 Å². The number of hydrogen-bond donors (Lipinski definition) is 2. The summed E-state index contributed by atoms with van der Waals surface area (Å²) in [6, 6.07) is 3.61. The molecule has 1 rings (SSSR count). The van der Waals surface area contributed by atoms with Crippen molar-refractivity contribution in [1.29, 1.82) is 0 Å². The third-order valence-electron chi connectivity index (χ3n) is 3.67. The zero-order valence-corrected chi connectivity index (χ0v) is 13.7. The van der Waals surface area contributed by atoms with E-state index in [-0.39, 0.29) is 0 Å². The minimum Gasteiger partial charge on any atom is -0.398 e. The highest BCUT2D eigenvalue weighted by Gasteiger charge is 2.20. The van der Waals surface area contributed by atoms with E-state index in [1.165, 1.54) is 0 Å². The van der Waals surface area contributed by atoms with Crippen LogP contribution in [-0.4, -0.2) is 15.0 Å². The number of sulfonamides is 1. The molecule has 114 valence electrons. The number of rotatable bonds is 7. The van der Waals surface area contributed by atoms with Gasteiger partial charge in [0.15, 0.2) is 0 Å². The molecule has 4 nitrogen and oxygen atoms in total. The molecular weight excluding hydrogens is 272 g/mol. The van der Waals surface area contributed by atoms with E-state index >= 15 is 0 Å². The van der Waals surface area contributed by atoms with Crippen molar-refractivity contribution in [3.05, 3.63) is 23.3 Å². The number of nitrogens with two attached hydrogens (primary N) is 1. The fourth-order valence-corrected chi connectivity index (χ4v) is 3.58. The summed E-state index contributed by atoms with van der Waals surface area (Å²) in [7, 11) is -3.49. The summed E-state index contributed by atoms with van der Waals surface area (Å²) in [6.45, 7) is 8.44. The largest absolute Gasteiger partial charge is 0.398 e. The first-order valence-corrected chi connectivity index (χ1v) is 8.74. The molecule has 0 aliphatic rings. The van der Waals surface area contributed by atoms with E-state index in [4.69, 9.17) is 5.73 Å². The molecule has 0 spiro atoms. The van der Waals surface area contributed by atoms with Gasteiger partial charge in [-0.05, 0) is 42.0 Å². The monoisotopic (exact) mass is 298 g/mol. The molecule has 0 aromatic heterocycles. The van der Waals surface area contributed by atoms with Gasteiger partial charge < -0.3 is 5.73 Å². The first kappa shape index (κ1) is 17.0. The quantitative estimate of drug-likeness (QED) is 0.760. The SMILES string of the molecule is CCc1cc(N)c(CC)c(S(=O)(=O)NCC(C)CC)c1. The molecule has 0 bridgehead atoms. The van der Waals surface area contributed by atoms with E-state index in [2.05, 4.69) is 4.72 Å². The number of anilines is 1. The molecule has 0 amide bonds. The Morgan fingerprint density at radius 3 is 2.35 bits per heavy atom. The van der Waals surface area contributed by atoms with Crippen LogP contribution in [0.4, 0.5) is 5.69 Å². The lowest BCUT2D eigenvalue weighted by molar-refractivity contribution is 0.528. The van der Waals surface area contributed by atoms with Crippen LogP contribution in [0.25, 0.3) is 0 Å². The topological polar surface area (TPSA) is 72.2 Å². The molecule has 0 saturated carbocycles. The average molecular weight is 298 g/mol. The van der Waals surface area contributed by atoms with Crippen LogP contribution in [-0.2, 0) is 22.9 Å². The normalized spacial score (nSPS) is 13.4. The van der Waals surface area contributed by atoms with Crippen molar-refractivity contribution < 1.29 is 8.42 Å².